The average Bonchev–Trinajstić information content (AvgIpc) is 2.42. The SMILES string of the molecule is COC(=O)CCN(C)S(=O)(=O)NCC1CCCN(C)C1. The van der Waals surface area contributed by atoms with E-state index in [1.54, 1.807) is 0 Å². The zero-order valence-corrected chi connectivity index (χ0v) is 13.3. The standard InChI is InChI=1S/C12H25N3O4S/c1-14-7-4-5-11(10-14)9-13-20(17,18)15(2)8-6-12(16)19-3/h11,13H,4-10H2,1-3H3. The Morgan fingerprint density at radius 1 is 1.50 bits per heavy atom. The van der Waals surface area contributed by atoms with Gasteiger partial charge in [0.1, 0.15) is 0 Å². The lowest BCUT2D eigenvalue weighted by Crippen LogP contribution is -2.44. The molecule has 20 heavy (non-hydrogen) atoms. The number of methoxy groups -OCH3 is 1. The Kier molecular flexibility index (Phi) is 6.87. The second-order valence-electron chi connectivity index (χ2n) is 5.27. The zero-order chi connectivity index (χ0) is 15.2. The van der Waals surface area contributed by atoms with E-state index in [0.29, 0.717) is 12.5 Å². The molecule has 0 radical (unpaired) electrons. The summed E-state index contributed by atoms with van der Waals surface area (Å²) in [4.78, 5) is 13.2. The average molecular weight is 307 g/mol. The summed E-state index contributed by atoms with van der Waals surface area (Å²) >= 11 is 0. The number of piperidine rings is 1. The summed E-state index contributed by atoms with van der Waals surface area (Å²) in [5, 5.41) is 0. The maximum absolute atomic E-state index is 12.0. The summed E-state index contributed by atoms with van der Waals surface area (Å²) in [6.45, 7) is 2.54. The topological polar surface area (TPSA) is 78.9 Å². The van der Waals surface area contributed by atoms with Crippen molar-refractivity contribution in [2.24, 2.45) is 5.92 Å². The van der Waals surface area contributed by atoms with Crippen LogP contribution >= 0.6 is 0 Å². The molecule has 7 nitrogen and oxygen atoms in total. The maximum atomic E-state index is 12.0. The summed E-state index contributed by atoms with van der Waals surface area (Å²) in [5.41, 5.74) is 0. The van der Waals surface area contributed by atoms with E-state index < -0.39 is 16.2 Å². The third-order valence-corrected chi connectivity index (χ3v) is 5.08. The molecule has 1 unspecified atom stereocenters. The Hall–Kier alpha value is -0.700. The summed E-state index contributed by atoms with van der Waals surface area (Å²) in [6, 6.07) is 0. The number of nitrogens with zero attached hydrogens (tertiary/aromatic N) is 2. The van der Waals surface area contributed by atoms with Crippen LogP contribution in [0.3, 0.4) is 0 Å². The lowest BCUT2D eigenvalue weighted by atomic mass is 9.99. The molecule has 0 spiro atoms. The predicted octanol–water partition coefficient (Wildman–Crippen LogP) is -0.342. The van der Waals surface area contributed by atoms with E-state index in [1.807, 2.05) is 7.05 Å². The van der Waals surface area contributed by atoms with Crippen LogP contribution in [0.15, 0.2) is 0 Å². The fourth-order valence-corrected chi connectivity index (χ4v) is 3.24. The van der Waals surface area contributed by atoms with Gasteiger partial charge in [-0.3, -0.25) is 4.79 Å². The van der Waals surface area contributed by atoms with E-state index in [9.17, 15) is 13.2 Å². The van der Waals surface area contributed by atoms with Gasteiger partial charge in [0.25, 0.3) is 10.2 Å². The van der Waals surface area contributed by atoms with Gasteiger partial charge in [-0.15, -0.1) is 0 Å². The Morgan fingerprint density at radius 2 is 2.20 bits per heavy atom. The third-order valence-electron chi connectivity index (χ3n) is 3.55. The summed E-state index contributed by atoms with van der Waals surface area (Å²) < 4.78 is 32.3. The van der Waals surface area contributed by atoms with Crippen molar-refractivity contribution < 1.29 is 17.9 Å². The molecule has 0 bridgehead atoms. The highest BCUT2D eigenvalue weighted by Crippen LogP contribution is 2.14. The first-order chi connectivity index (χ1) is 9.35. The van der Waals surface area contributed by atoms with Crippen molar-refractivity contribution in [1.82, 2.24) is 13.9 Å². The van der Waals surface area contributed by atoms with Gasteiger partial charge in [0.15, 0.2) is 0 Å². The van der Waals surface area contributed by atoms with E-state index in [-0.39, 0.29) is 13.0 Å². The van der Waals surface area contributed by atoms with Gasteiger partial charge in [-0.05, 0) is 32.4 Å². The van der Waals surface area contributed by atoms with E-state index in [4.69, 9.17) is 0 Å². The van der Waals surface area contributed by atoms with Crippen LogP contribution in [-0.4, -0.2) is 71.0 Å². The molecule has 1 rings (SSSR count). The third kappa shape index (κ3) is 5.74. The van der Waals surface area contributed by atoms with Crippen LogP contribution in [0.2, 0.25) is 0 Å². The van der Waals surface area contributed by atoms with Gasteiger partial charge < -0.3 is 9.64 Å². The van der Waals surface area contributed by atoms with Crippen molar-refractivity contribution in [3.8, 4) is 0 Å². The number of ether oxygens (including phenoxy) is 1. The summed E-state index contributed by atoms with van der Waals surface area (Å²) in [6.07, 6.45) is 2.19. The molecule has 0 aromatic carbocycles. The molecule has 0 amide bonds. The van der Waals surface area contributed by atoms with Gasteiger partial charge in [0.2, 0.25) is 0 Å². The molecule has 1 aliphatic heterocycles. The fraction of sp³-hybridized carbons (Fsp3) is 0.917. The number of hydrogen-bond acceptors (Lipinski definition) is 5. The molecule has 1 atom stereocenters. The Bertz CT molecular complexity index is 413. The number of nitrogens with one attached hydrogen (secondary N) is 1. The second-order valence-corrected chi connectivity index (χ2v) is 7.13. The van der Waals surface area contributed by atoms with Crippen LogP contribution < -0.4 is 4.72 Å². The number of hydrogen-bond donors (Lipinski definition) is 1. The smallest absolute Gasteiger partial charge is 0.306 e. The largest absolute Gasteiger partial charge is 0.469 e. The Balaban J connectivity index is 2.38. The van der Waals surface area contributed by atoms with Crippen molar-refractivity contribution in [3.63, 3.8) is 0 Å². The maximum Gasteiger partial charge on any atom is 0.306 e. The quantitative estimate of drug-likeness (QED) is 0.651. The number of rotatable bonds is 7. The summed E-state index contributed by atoms with van der Waals surface area (Å²) in [7, 11) is 1.26. The number of carbonyl (C=O) groups excluding carboxylic acids is 1. The van der Waals surface area contributed by atoms with E-state index in [2.05, 4.69) is 14.4 Å². The van der Waals surface area contributed by atoms with Gasteiger partial charge >= 0.3 is 5.97 Å². The van der Waals surface area contributed by atoms with Crippen LogP contribution in [0.1, 0.15) is 19.3 Å². The highest BCUT2D eigenvalue weighted by Gasteiger charge is 2.22. The van der Waals surface area contributed by atoms with Crippen molar-refractivity contribution in [2.45, 2.75) is 19.3 Å². The first kappa shape index (κ1) is 17.4. The molecule has 0 aromatic heterocycles. The minimum atomic E-state index is -3.52. The molecule has 0 aliphatic carbocycles. The highest BCUT2D eigenvalue weighted by atomic mass is 32.2. The first-order valence-electron chi connectivity index (χ1n) is 6.81. The Morgan fingerprint density at radius 3 is 2.80 bits per heavy atom. The molecule has 1 fully saturated rings. The molecule has 0 aromatic rings. The van der Waals surface area contributed by atoms with Gasteiger partial charge in [-0.2, -0.15) is 12.7 Å². The van der Waals surface area contributed by atoms with Crippen molar-refractivity contribution in [1.29, 1.82) is 0 Å². The Labute approximate surface area is 121 Å². The zero-order valence-electron chi connectivity index (χ0n) is 12.5. The van der Waals surface area contributed by atoms with Gasteiger partial charge in [0, 0.05) is 26.7 Å². The number of carbonyl (C=O) groups is 1. The van der Waals surface area contributed by atoms with Crippen LogP contribution in [0.25, 0.3) is 0 Å². The predicted molar refractivity (Wildman–Crippen MR) is 76.4 cm³/mol. The molecule has 1 aliphatic rings. The molecular weight excluding hydrogens is 282 g/mol. The molecule has 1 saturated heterocycles. The molecule has 1 heterocycles. The van der Waals surface area contributed by atoms with Gasteiger partial charge in [-0.25, -0.2) is 4.72 Å². The molecule has 118 valence electrons. The van der Waals surface area contributed by atoms with E-state index >= 15 is 0 Å². The van der Waals surface area contributed by atoms with Gasteiger partial charge in [0.05, 0.1) is 13.5 Å². The van der Waals surface area contributed by atoms with Crippen LogP contribution in [0.4, 0.5) is 0 Å². The monoisotopic (exact) mass is 307 g/mol. The first-order valence-corrected chi connectivity index (χ1v) is 8.25. The van der Waals surface area contributed by atoms with Crippen LogP contribution in [0, 0.1) is 5.92 Å². The van der Waals surface area contributed by atoms with E-state index in [1.165, 1.54) is 14.2 Å². The summed E-state index contributed by atoms with van der Waals surface area (Å²) in [5.74, 6) is -0.0708. The lowest BCUT2D eigenvalue weighted by molar-refractivity contribution is -0.140. The fourth-order valence-electron chi connectivity index (χ4n) is 2.24. The van der Waals surface area contributed by atoms with E-state index in [0.717, 1.165) is 30.2 Å². The highest BCUT2D eigenvalue weighted by molar-refractivity contribution is 7.87. The molecule has 8 heteroatoms. The van der Waals surface area contributed by atoms with Gasteiger partial charge in [-0.1, -0.05) is 0 Å². The molecule has 0 saturated carbocycles. The van der Waals surface area contributed by atoms with Crippen molar-refractivity contribution in [3.05, 3.63) is 0 Å². The second kappa shape index (κ2) is 7.92. The minimum Gasteiger partial charge on any atom is -0.469 e. The lowest BCUT2D eigenvalue weighted by Gasteiger charge is -2.30. The number of likely N-dealkylation sites (tertiary alicyclic amines) is 1. The minimum absolute atomic E-state index is 0.0556. The van der Waals surface area contributed by atoms with Crippen molar-refractivity contribution in [2.75, 3.05) is 47.4 Å². The van der Waals surface area contributed by atoms with Crippen molar-refractivity contribution >= 4 is 16.2 Å². The normalized spacial score (nSPS) is 21.1. The molecule has 1 N–H and O–H groups in total. The van der Waals surface area contributed by atoms with Crippen LogP contribution in [-0.2, 0) is 19.7 Å². The molecular formula is C12H25N3O4S. The number of esters is 1. The van der Waals surface area contributed by atoms with Crippen LogP contribution in [0.5, 0.6) is 0 Å².